The monoisotopic (exact) mass is 199 g/mol. The Morgan fingerprint density at radius 1 is 1.15 bits per heavy atom. The molecule has 1 aliphatic heterocycles. The van der Waals surface area contributed by atoms with Gasteiger partial charge in [-0.3, -0.25) is 0 Å². The molecule has 1 saturated heterocycles. The summed E-state index contributed by atoms with van der Waals surface area (Å²) in [5, 5.41) is 11.4. The maximum Gasteiger partial charge on any atom is 0.287 e. The highest BCUT2D eigenvalue weighted by atomic mass is 19.3. The highest BCUT2D eigenvalue weighted by Crippen LogP contribution is 2.52. The molecule has 0 radical (unpaired) electrons. The van der Waals surface area contributed by atoms with Crippen molar-refractivity contribution in [3.8, 4) is 0 Å². The van der Waals surface area contributed by atoms with Crippen molar-refractivity contribution in [3.63, 3.8) is 0 Å². The Morgan fingerprint density at radius 3 is 2.00 bits per heavy atom. The second kappa shape index (κ2) is 2.17. The molecule has 6 heteroatoms. The minimum atomic E-state index is -3.28. The Hall–Kier alpha value is -0.360. The summed E-state index contributed by atoms with van der Waals surface area (Å²) < 4.78 is 50.4. The lowest BCUT2D eigenvalue weighted by molar-refractivity contribution is -0.183. The summed E-state index contributed by atoms with van der Waals surface area (Å²) in [5.41, 5.74) is -1.45. The van der Waals surface area contributed by atoms with Crippen LogP contribution in [0.25, 0.3) is 0 Å². The molecular weight excluding hydrogens is 190 g/mol. The molecule has 13 heavy (non-hydrogen) atoms. The van der Waals surface area contributed by atoms with E-state index in [1.165, 1.54) is 0 Å². The van der Waals surface area contributed by atoms with Gasteiger partial charge >= 0.3 is 0 Å². The summed E-state index contributed by atoms with van der Waals surface area (Å²) in [6.45, 7) is -0.718. The smallest absolute Gasteiger partial charge is 0.287 e. The molecule has 2 rings (SSSR count). The lowest BCUT2D eigenvalue weighted by atomic mass is 9.70. The first kappa shape index (κ1) is 9.21. The number of aliphatic hydroxyl groups excluding tert-OH is 1. The van der Waals surface area contributed by atoms with E-state index in [1.807, 2.05) is 0 Å². The lowest BCUT2D eigenvalue weighted by Gasteiger charge is -2.46. The van der Waals surface area contributed by atoms with E-state index in [0.29, 0.717) is 0 Å². The normalized spacial score (nSPS) is 39.0. The molecule has 1 spiro atoms. The van der Waals surface area contributed by atoms with Crippen molar-refractivity contribution in [2.75, 3.05) is 6.54 Å². The Balaban J connectivity index is 2.13. The molecule has 2 nitrogen and oxygen atoms in total. The molecule has 1 unspecified atom stereocenters. The fourth-order valence-corrected chi connectivity index (χ4v) is 2.08. The highest BCUT2D eigenvalue weighted by Gasteiger charge is 2.69. The SMILES string of the molecule is OC1C(F)(F)CNC12CC(F)(F)C2. The van der Waals surface area contributed by atoms with Crippen LogP contribution < -0.4 is 5.32 Å². The molecule has 0 aromatic rings. The summed E-state index contributed by atoms with van der Waals surface area (Å²) in [5.74, 6) is -6.19. The molecule has 2 aliphatic rings. The predicted octanol–water partition coefficient (Wildman–Crippen LogP) is 0.754. The number of rotatable bonds is 0. The molecule has 1 saturated carbocycles. The second-order valence-corrected chi connectivity index (χ2v) is 3.88. The van der Waals surface area contributed by atoms with Gasteiger partial charge in [0, 0.05) is 12.8 Å². The van der Waals surface area contributed by atoms with E-state index in [2.05, 4.69) is 5.32 Å². The van der Waals surface area contributed by atoms with Crippen molar-refractivity contribution in [3.05, 3.63) is 0 Å². The van der Waals surface area contributed by atoms with Crippen LogP contribution in [0.2, 0.25) is 0 Å². The van der Waals surface area contributed by atoms with Crippen LogP contribution in [0, 0.1) is 0 Å². The molecule has 0 bridgehead atoms. The lowest BCUT2D eigenvalue weighted by Crippen LogP contribution is -2.64. The quantitative estimate of drug-likeness (QED) is 0.564. The molecule has 1 aliphatic carbocycles. The first-order chi connectivity index (χ1) is 5.78. The highest BCUT2D eigenvalue weighted by molar-refractivity contribution is 5.17. The molecule has 1 atom stereocenters. The van der Waals surface area contributed by atoms with Gasteiger partial charge in [0.2, 0.25) is 0 Å². The van der Waals surface area contributed by atoms with Crippen LogP contribution in [-0.2, 0) is 0 Å². The van der Waals surface area contributed by atoms with Gasteiger partial charge in [-0.25, -0.2) is 17.6 Å². The van der Waals surface area contributed by atoms with E-state index in [9.17, 15) is 17.6 Å². The van der Waals surface area contributed by atoms with Crippen molar-refractivity contribution in [2.45, 2.75) is 36.3 Å². The summed E-state index contributed by atoms with van der Waals surface area (Å²) in [4.78, 5) is 0. The third kappa shape index (κ3) is 1.15. The maximum absolute atomic E-state index is 12.7. The topological polar surface area (TPSA) is 32.3 Å². The van der Waals surface area contributed by atoms with E-state index >= 15 is 0 Å². The molecule has 0 aromatic carbocycles. The van der Waals surface area contributed by atoms with Gasteiger partial charge in [-0.15, -0.1) is 0 Å². The van der Waals surface area contributed by atoms with Gasteiger partial charge in [-0.05, 0) is 0 Å². The van der Waals surface area contributed by atoms with Crippen molar-refractivity contribution >= 4 is 0 Å². The molecule has 76 valence electrons. The van der Waals surface area contributed by atoms with Crippen LogP contribution in [0.3, 0.4) is 0 Å². The molecule has 1 heterocycles. The van der Waals surface area contributed by atoms with E-state index in [-0.39, 0.29) is 0 Å². The van der Waals surface area contributed by atoms with Crippen LogP contribution in [-0.4, -0.2) is 35.1 Å². The van der Waals surface area contributed by atoms with Crippen molar-refractivity contribution in [1.29, 1.82) is 0 Å². The van der Waals surface area contributed by atoms with Crippen molar-refractivity contribution in [1.82, 2.24) is 5.32 Å². The number of hydrogen-bond acceptors (Lipinski definition) is 2. The van der Waals surface area contributed by atoms with Crippen LogP contribution in [0.15, 0.2) is 0 Å². The maximum atomic E-state index is 12.7. The predicted molar refractivity (Wildman–Crippen MR) is 35.9 cm³/mol. The van der Waals surface area contributed by atoms with Crippen LogP contribution in [0.5, 0.6) is 0 Å². The summed E-state index contributed by atoms with van der Waals surface area (Å²) in [6, 6.07) is 0. The fraction of sp³-hybridized carbons (Fsp3) is 1.00. The Labute approximate surface area is 71.9 Å². The minimum absolute atomic E-state index is 0.698. The van der Waals surface area contributed by atoms with Gasteiger partial charge in [0.15, 0.2) is 0 Å². The average molecular weight is 199 g/mol. The van der Waals surface area contributed by atoms with Crippen molar-refractivity contribution in [2.24, 2.45) is 0 Å². The zero-order valence-electron chi connectivity index (χ0n) is 6.66. The van der Waals surface area contributed by atoms with Crippen LogP contribution in [0.4, 0.5) is 17.6 Å². The first-order valence-corrected chi connectivity index (χ1v) is 3.96. The number of nitrogens with one attached hydrogen (secondary N) is 1. The van der Waals surface area contributed by atoms with Crippen molar-refractivity contribution < 1.29 is 22.7 Å². The van der Waals surface area contributed by atoms with Crippen LogP contribution in [0.1, 0.15) is 12.8 Å². The summed E-state index contributed by atoms with van der Waals surface area (Å²) in [7, 11) is 0. The summed E-state index contributed by atoms with van der Waals surface area (Å²) in [6.07, 6.45) is -3.38. The standard InChI is InChI=1S/C7H9F4NO/c8-6(9)1-5(2-6)4(13)7(10,11)3-12-5/h4,12-13H,1-3H2. The van der Waals surface area contributed by atoms with E-state index in [0.717, 1.165) is 0 Å². The number of aliphatic hydroxyl groups is 1. The summed E-state index contributed by atoms with van der Waals surface area (Å²) >= 11 is 0. The van der Waals surface area contributed by atoms with Crippen LogP contribution >= 0.6 is 0 Å². The van der Waals surface area contributed by atoms with Gasteiger partial charge < -0.3 is 10.4 Å². The average Bonchev–Trinajstić information content (AvgIpc) is 2.12. The molecule has 2 N–H and O–H groups in total. The number of hydrogen-bond donors (Lipinski definition) is 2. The van der Waals surface area contributed by atoms with Gasteiger partial charge in [0.05, 0.1) is 12.1 Å². The Kier molecular flexibility index (Phi) is 1.54. The first-order valence-electron chi connectivity index (χ1n) is 3.96. The van der Waals surface area contributed by atoms with Gasteiger partial charge in [-0.1, -0.05) is 0 Å². The van der Waals surface area contributed by atoms with E-state index < -0.39 is 42.9 Å². The zero-order chi connectivity index (χ0) is 9.91. The van der Waals surface area contributed by atoms with Gasteiger partial charge in [-0.2, -0.15) is 0 Å². The Bertz CT molecular complexity index is 235. The molecule has 2 fully saturated rings. The third-order valence-electron chi connectivity index (χ3n) is 2.75. The second-order valence-electron chi connectivity index (χ2n) is 3.88. The fourth-order valence-electron chi connectivity index (χ4n) is 2.08. The number of alkyl halides is 4. The number of halogens is 4. The van der Waals surface area contributed by atoms with Gasteiger partial charge in [0.25, 0.3) is 11.8 Å². The van der Waals surface area contributed by atoms with E-state index in [1.54, 1.807) is 0 Å². The largest absolute Gasteiger partial charge is 0.385 e. The minimum Gasteiger partial charge on any atom is -0.385 e. The Morgan fingerprint density at radius 2 is 1.69 bits per heavy atom. The van der Waals surface area contributed by atoms with Gasteiger partial charge in [0.1, 0.15) is 6.10 Å². The zero-order valence-corrected chi connectivity index (χ0v) is 6.66. The molecule has 0 aromatic heterocycles. The molecular formula is C7H9F4NO. The molecule has 0 amide bonds. The third-order valence-corrected chi connectivity index (χ3v) is 2.75. The van der Waals surface area contributed by atoms with E-state index in [4.69, 9.17) is 5.11 Å².